The number of Topliss-reactive ketones (excluding diaryl/α,β-unsaturated/α-hetero) is 1. The zero-order valence-corrected chi connectivity index (χ0v) is 12.7. The van der Waals surface area contributed by atoms with Gasteiger partial charge in [-0.05, 0) is 38.6 Å². The zero-order chi connectivity index (χ0) is 14.4. The van der Waals surface area contributed by atoms with Gasteiger partial charge in [0.25, 0.3) is 0 Å². The molecule has 1 N–H and O–H groups in total. The fourth-order valence-corrected chi connectivity index (χ4v) is 3.57. The number of likely N-dealkylation sites (tertiary alicyclic amines) is 1. The summed E-state index contributed by atoms with van der Waals surface area (Å²) >= 11 is 0. The number of nitrogens with zero attached hydrogens (tertiary/aromatic N) is 1. The molecule has 1 saturated carbocycles. The minimum Gasteiger partial charge on any atom is -0.355 e. The van der Waals surface area contributed by atoms with Gasteiger partial charge in [0.15, 0.2) is 0 Å². The number of hydrogen-bond acceptors (Lipinski definition) is 3. The first kappa shape index (κ1) is 15.5. The summed E-state index contributed by atoms with van der Waals surface area (Å²) in [6, 6.07) is 0.319. The van der Waals surface area contributed by atoms with Gasteiger partial charge in [-0.1, -0.05) is 19.8 Å². The van der Waals surface area contributed by atoms with Crippen LogP contribution >= 0.6 is 0 Å². The zero-order valence-electron chi connectivity index (χ0n) is 12.7. The molecule has 1 aliphatic carbocycles. The molecule has 114 valence electrons. The number of carbonyl (C=O) groups excluding carboxylic acids is 2. The molecule has 2 fully saturated rings. The highest BCUT2D eigenvalue weighted by Crippen LogP contribution is 2.32. The highest BCUT2D eigenvalue weighted by atomic mass is 16.2. The van der Waals surface area contributed by atoms with Gasteiger partial charge < -0.3 is 5.32 Å². The molecule has 0 aromatic heterocycles. The molecule has 2 rings (SSSR count). The molecule has 2 atom stereocenters. The molecular formula is C16H28N2O2. The van der Waals surface area contributed by atoms with Gasteiger partial charge in [-0.2, -0.15) is 0 Å². The lowest BCUT2D eigenvalue weighted by atomic mass is 9.82. The predicted octanol–water partition coefficient (Wildman–Crippen LogP) is 2.13. The van der Waals surface area contributed by atoms with Crippen molar-refractivity contribution in [1.29, 1.82) is 0 Å². The number of hydrogen-bond donors (Lipinski definition) is 1. The third kappa shape index (κ3) is 4.05. The molecule has 0 spiro atoms. The molecule has 1 amide bonds. The molecule has 0 aromatic carbocycles. The van der Waals surface area contributed by atoms with Crippen LogP contribution in [0.1, 0.15) is 58.3 Å². The molecule has 4 heteroatoms. The van der Waals surface area contributed by atoms with Crippen LogP contribution in [0.15, 0.2) is 0 Å². The van der Waals surface area contributed by atoms with E-state index in [9.17, 15) is 9.59 Å². The van der Waals surface area contributed by atoms with Crippen molar-refractivity contribution in [3.8, 4) is 0 Å². The number of rotatable bonds is 6. The van der Waals surface area contributed by atoms with E-state index in [1.54, 1.807) is 0 Å². The predicted molar refractivity (Wildman–Crippen MR) is 79.5 cm³/mol. The number of nitrogens with one attached hydrogen (secondary N) is 1. The smallest absolute Gasteiger partial charge is 0.234 e. The highest BCUT2D eigenvalue weighted by Gasteiger charge is 2.37. The van der Waals surface area contributed by atoms with Crippen LogP contribution in [0.5, 0.6) is 0 Å². The highest BCUT2D eigenvalue weighted by molar-refractivity contribution is 5.82. The summed E-state index contributed by atoms with van der Waals surface area (Å²) in [5.74, 6) is 0.739. The Labute approximate surface area is 122 Å². The van der Waals surface area contributed by atoms with E-state index in [-0.39, 0.29) is 11.8 Å². The van der Waals surface area contributed by atoms with Gasteiger partial charge in [-0.25, -0.2) is 0 Å². The van der Waals surface area contributed by atoms with E-state index in [1.165, 1.54) is 6.42 Å². The van der Waals surface area contributed by atoms with Crippen LogP contribution in [0, 0.1) is 5.92 Å². The number of unbranched alkanes of at least 4 members (excludes halogenated alkanes) is 1. The van der Waals surface area contributed by atoms with E-state index in [4.69, 9.17) is 0 Å². The Morgan fingerprint density at radius 3 is 2.90 bits per heavy atom. The Kier molecular flexibility index (Phi) is 6.02. The third-order valence-electron chi connectivity index (χ3n) is 4.68. The summed E-state index contributed by atoms with van der Waals surface area (Å²) in [5.41, 5.74) is 0. The second-order valence-electron chi connectivity index (χ2n) is 6.20. The summed E-state index contributed by atoms with van der Waals surface area (Å²) in [6.07, 6.45) is 8.34. The summed E-state index contributed by atoms with van der Waals surface area (Å²) in [5, 5.41) is 2.98. The van der Waals surface area contributed by atoms with Crippen molar-refractivity contribution < 1.29 is 9.59 Å². The SMILES string of the molecule is CCCCNC(=O)CN1CCCC1C1CCCCC1=O. The Bertz CT molecular complexity index is 343. The van der Waals surface area contributed by atoms with Crippen molar-refractivity contribution in [3.05, 3.63) is 0 Å². The fourth-order valence-electron chi connectivity index (χ4n) is 3.57. The van der Waals surface area contributed by atoms with Crippen LogP contribution in [0.4, 0.5) is 0 Å². The first-order chi connectivity index (χ1) is 9.72. The Hall–Kier alpha value is -0.900. The lowest BCUT2D eigenvalue weighted by molar-refractivity contribution is -0.128. The van der Waals surface area contributed by atoms with Gasteiger partial charge in [0.05, 0.1) is 6.54 Å². The second-order valence-corrected chi connectivity index (χ2v) is 6.20. The molecular weight excluding hydrogens is 252 g/mol. The van der Waals surface area contributed by atoms with Crippen LogP contribution < -0.4 is 5.32 Å². The van der Waals surface area contributed by atoms with Crippen LogP contribution in [0.2, 0.25) is 0 Å². The van der Waals surface area contributed by atoms with Gasteiger partial charge in [-0.15, -0.1) is 0 Å². The molecule has 2 unspecified atom stereocenters. The molecule has 20 heavy (non-hydrogen) atoms. The van der Waals surface area contributed by atoms with Gasteiger partial charge in [0, 0.05) is 24.9 Å². The van der Waals surface area contributed by atoms with Crippen LogP contribution in [-0.2, 0) is 9.59 Å². The van der Waals surface area contributed by atoms with Crippen molar-refractivity contribution in [3.63, 3.8) is 0 Å². The fraction of sp³-hybridized carbons (Fsp3) is 0.875. The van der Waals surface area contributed by atoms with Crippen molar-refractivity contribution in [2.75, 3.05) is 19.6 Å². The van der Waals surface area contributed by atoms with Crippen molar-refractivity contribution in [1.82, 2.24) is 10.2 Å². The molecule has 0 aromatic rings. The van der Waals surface area contributed by atoms with Crippen LogP contribution in [-0.4, -0.2) is 42.3 Å². The van der Waals surface area contributed by atoms with Crippen LogP contribution in [0.3, 0.4) is 0 Å². The van der Waals surface area contributed by atoms with E-state index in [0.29, 0.717) is 18.4 Å². The monoisotopic (exact) mass is 280 g/mol. The number of ketones is 1. The molecule has 1 saturated heterocycles. The molecule has 1 heterocycles. The normalized spacial score (nSPS) is 27.8. The largest absolute Gasteiger partial charge is 0.355 e. The van der Waals surface area contributed by atoms with Crippen molar-refractivity contribution in [2.45, 2.75) is 64.3 Å². The first-order valence-corrected chi connectivity index (χ1v) is 8.26. The van der Waals surface area contributed by atoms with E-state index < -0.39 is 0 Å². The minimum atomic E-state index is 0.119. The average Bonchev–Trinajstić information content (AvgIpc) is 2.87. The Balaban J connectivity index is 1.83. The Morgan fingerprint density at radius 2 is 2.15 bits per heavy atom. The lowest BCUT2D eigenvalue weighted by Gasteiger charge is -2.32. The van der Waals surface area contributed by atoms with E-state index in [0.717, 1.165) is 58.0 Å². The quantitative estimate of drug-likeness (QED) is 0.758. The maximum absolute atomic E-state index is 12.1. The van der Waals surface area contributed by atoms with Gasteiger partial charge in [0.2, 0.25) is 5.91 Å². The summed E-state index contributed by atoms with van der Waals surface area (Å²) in [4.78, 5) is 26.3. The first-order valence-electron chi connectivity index (χ1n) is 8.26. The second kappa shape index (κ2) is 7.77. The van der Waals surface area contributed by atoms with Crippen molar-refractivity contribution in [2.24, 2.45) is 5.92 Å². The van der Waals surface area contributed by atoms with Gasteiger partial charge >= 0.3 is 0 Å². The molecule has 4 nitrogen and oxygen atoms in total. The topological polar surface area (TPSA) is 49.4 Å². The summed E-state index contributed by atoms with van der Waals surface area (Å²) < 4.78 is 0. The van der Waals surface area contributed by atoms with Gasteiger partial charge in [0.1, 0.15) is 5.78 Å². The maximum Gasteiger partial charge on any atom is 0.234 e. The average molecular weight is 280 g/mol. The summed E-state index contributed by atoms with van der Waals surface area (Å²) in [7, 11) is 0. The summed E-state index contributed by atoms with van der Waals surface area (Å²) in [6.45, 7) is 4.33. The standard InChI is InChI=1S/C16H28N2O2/c1-2-3-10-17-16(20)12-18-11-6-8-14(18)13-7-4-5-9-15(13)19/h13-14H,2-12H2,1H3,(H,17,20). The lowest BCUT2D eigenvalue weighted by Crippen LogP contribution is -2.45. The molecule has 1 aliphatic heterocycles. The molecule has 2 aliphatic rings. The molecule has 0 radical (unpaired) electrons. The maximum atomic E-state index is 12.1. The number of amides is 1. The van der Waals surface area contributed by atoms with E-state index in [2.05, 4.69) is 17.1 Å². The van der Waals surface area contributed by atoms with E-state index in [1.807, 2.05) is 0 Å². The van der Waals surface area contributed by atoms with Gasteiger partial charge in [-0.3, -0.25) is 14.5 Å². The Morgan fingerprint density at radius 1 is 1.30 bits per heavy atom. The van der Waals surface area contributed by atoms with Crippen LogP contribution in [0.25, 0.3) is 0 Å². The number of carbonyl (C=O) groups is 2. The minimum absolute atomic E-state index is 0.119. The van der Waals surface area contributed by atoms with Crippen molar-refractivity contribution >= 4 is 11.7 Å². The molecule has 0 bridgehead atoms. The third-order valence-corrected chi connectivity index (χ3v) is 4.68. The van der Waals surface area contributed by atoms with E-state index >= 15 is 0 Å².